The Bertz CT molecular complexity index is 498. The summed E-state index contributed by atoms with van der Waals surface area (Å²) in [5.41, 5.74) is -0.109. The molecule has 1 aromatic rings. The van der Waals surface area contributed by atoms with Crippen LogP contribution in [0.3, 0.4) is 0 Å². The van der Waals surface area contributed by atoms with Gasteiger partial charge in [-0.2, -0.15) is 0 Å². The van der Waals surface area contributed by atoms with Crippen molar-refractivity contribution in [3.8, 4) is 0 Å². The van der Waals surface area contributed by atoms with Crippen molar-refractivity contribution in [2.45, 2.75) is 19.9 Å². The van der Waals surface area contributed by atoms with E-state index in [9.17, 15) is 14.4 Å². The molecule has 0 saturated carbocycles. The summed E-state index contributed by atoms with van der Waals surface area (Å²) in [5.74, 6) is -2.39. The number of nitrogens with one attached hydrogen (secondary N) is 1. The van der Waals surface area contributed by atoms with Crippen LogP contribution in [0.25, 0.3) is 0 Å². The highest BCUT2D eigenvalue weighted by molar-refractivity contribution is 6.05. The van der Waals surface area contributed by atoms with Crippen molar-refractivity contribution in [2.75, 3.05) is 6.61 Å². The number of benzene rings is 1. The number of hydrogen-bond acceptors (Lipinski definition) is 4. The average Bonchev–Trinajstić information content (AvgIpc) is 2.38. The number of esters is 1. The van der Waals surface area contributed by atoms with Crippen molar-refractivity contribution >= 4 is 17.8 Å². The number of carboxylic acids is 1. The maximum absolute atomic E-state index is 11.9. The van der Waals surface area contributed by atoms with E-state index >= 15 is 0 Å². The van der Waals surface area contributed by atoms with E-state index in [2.05, 4.69) is 5.32 Å². The molecule has 102 valence electrons. The van der Waals surface area contributed by atoms with Crippen molar-refractivity contribution < 1.29 is 24.2 Å². The Morgan fingerprint density at radius 3 is 2.37 bits per heavy atom. The van der Waals surface area contributed by atoms with Crippen LogP contribution in [0.1, 0.15) is 34.6 Å². The van der Waals surface area contributed by atoms with Crippen LogP contribution in [0.2, 0.25) is 0 Å². The molecule has 1 atom stereocenters. The van der Waals surface area contributed by atoms with Gasteiger partial charge in [0.1, 0.15) is 6.04 Å². The lowest BCUT2D eigenvalue weighted by molar-refractivity contribution is -0.144. The van der Waals surface area contributed by atoms with Crippen molar-refractivity contribution in [1.82, 2.24) is 5.32 Å². The lowest BCUT2D eigenvalue weighted by Crippen LogP contribution is -2.40. The van der Waals surface area contributed by atoms with Crippen LogP contribution in [0.15, 0.2) is 24.3 Å². The van der Waals surface area contributed by atoms with Crippen LogP contribution < -0.4 is 5.32 Å². The predicted octanol–water partition coefficient (Wildman–Crippen LogP) is 1.07. The fraction of sp³-hybridized carbons (Fsp3) is 0.308. The maximum Gasteiger partial charge on any atom is 0.336 e. The molecule has 0 radical (unpaired) electrons. The van der Waals surface area contributed by atoms with Crippen LogP contribution >= 0.6 is 0 Å². The standard InChI is InChI=1S/C13H15NO5/c1-3-19-13(18)8(2)14-11(15)9-6-4-5-7-10(9)12(16)17/h4-8H,3H2,1-2H3,(H,14,15)(H,16,17). The predicted molar refractivity (Wildman–Crippen MR) is 67.0 cm³/mol. The molecule has 6 heteroatoms. The van der Waals surface area contributed by atoms with Crippen LogP contribution in [0.4, 0.5) is 0 Å². The zero-order chi connectivity index (χ0) is 14.4. The molecular weight excluding hydrogens is 250 g/mol. The number of carbonyl (C=O) groups is 3. The van der Waals surface area contributed by atoms with E-state index < -0.39 is 23.9 Å². The Labute approximate surface area is 110 Å². The molecular formula is C13H15NO5. The monoisotopic (exact) mass is 265 g/mol. The van der Waals surface area contributed by atoms with Crippen LogP contribution in [-0.2, 0) is 9.53 Å². The molecule has 1 unspecified atom stereocenters. The highest BCUT2D eigenvalue weighted by Gasteiger charge is 2.21. The summed E-state index contributed by atoms with van der Waals surface area (Å²) >= 11 is 0. The summed E-state index contributed by atoms with van der Waals surface area (Å²) in [4.78, 5) is 34.3. The van der Waals surface area contributed by atoms with E-state index in [1.165, 1.54) is 25.1 Å². The summed E-state index contributed by atoms with van der Waals surface area (Å²) in [6.07, 6.45) is 0. The van der Waals surface area contributed by atoms with Crippen molar-refractivity contribution in [3.05, 3.63) is 35.4 Å². The van der Waals surface area contributed by atoms with Gasteiger partial charge in [-0.15, -0.1) is 0 Å². The number of carboxylic acid groups (broad SMARTS) is 1. The maximum atomic E-state index is 11.9. The van der Waals surface area contributed by atoms with E-state index in [0.717, 1.165) is 0 Å². The molecule has 6 nitrogen and oxygen atoms in total. The number of carbonyl (C=O) groups excluding carboxylic acids is 2. The van der Waals surface area contributed by atoms with Gasteiger partial charge in [0.05, 0.1) is 17.7 Å². The zero-order valence-corrected chi connectivity index (χ0v) is 10.7. The Kier molecular flexibility index (Phi) is 5.05. The largest absolute Gasteiger partial charge is 0.478 e. The van der Waals surface area contributed by atoms with Gasteiger partial charge in [-0.05, 0) is 26.0 Å². The third-order valence-electron chi connectivity index (χ3n) is 2.39. The average molecular weight is 265 g/mol. The van der Waals surface area contributed by atoms with E-state index in [0.29, 0.717) is 0 Å². The minimum Gasteiger partial charge on any atom is -0.478 e. The van der Waals surface area contributed by atoms with Gasteiger partial charge >= 0.3 is 11.9 Å². The van der Waals surface area contributed by atoms with Crippen molar-refractivity contribution in [2.24, 2.45) is 0 Å². The smallest absolute Gasteiger partial charge is 0.336 e. The summed E-state index contributed by atoms with van der Waals surface area (Å²) in [7, 11) is 0. The fourth-order valence-electron chi connectivity index (χ4n) is 1.47. The lowest BCUT2D eigenvalue weighted by Gasteiger charge is -2.13. The normalized spacial score (nSPS) is 11.5. The highest BCUT2D eigenvalue weighted by Crippen LogP contribution is 2.09. The Morgan fingerprint density at radius 1 is 1.26 bits per heavy atom. The first-order chi connectivity index (χ1) is 8.97. The van der Waals surface area contributed by atoms with Crippen LogP contribution in [-0.4, -0.2) is 35.6 Å². The number of amides is 1. The first-order valence-electron chi connectivity index (χ1n) is 5.77. The van der Waals surface area contributed by atoms with E-state index in [1.807, 2.05) is 0 Å². The van der Waals surface area contributed by atoms with Gasteiger partial charge in [-0.25, -0.2) is 9.59 Å². The second-order valence-electron chi connectivity index (χ2n) is 3.80. The molecule has 1 amide bonds. The highest BCUT2D eigenvalue weighted by atomic mass is 16.5. The van der Waals surface area contributed by atoms with Gasteiger partial charge in [0.2, 0.25) is 0 Å². The first-order valence-corrected chi connectivity index (χ1v) is 5.77. The minimum atomic E-state index is -1.20. The molecule has 0 aliphatic rings. The van der Waals surface area contributed by atoms with Crippen LogP contribution in [0.5, 0.6) is 0 Å². The van der Waals surface area contributed by atoms with Gasteiger partial charge in [-0.3, -0.25) is 4.79 Å². The molecule has 0 heterocycles. The third kappa shape index (κ3) is 3.80. The molecule has 0 spiro atoms. The molecule has 0 aliphatic carbocycles. The third-order valence-corrected chi connectivity index (χ3v) is 2.39. The van der Waals surface area contributed by atoms with Crippen molar-refractivity contribution in [3.63, 3.8) is 0 Å². The summed E-state index contributed by atoms with van der Waals surface area (Å²) in [6.45, 7) is 3.34. The molecule has 0 bridgehead atoms. The second kappa shape index (κ2) is 6.53. The zero-order valence-electron chi connectivity index (χ0n) is 10.7. The molecule has 2 N–H and O–H groups in total. The quantitative estimate of drug-likeness (QED) is 0.777. The Hall–Kier alpha value is -2.37. The van der Waals surface area contributed by atoms with Gasteiger partial charge < -0.3 is 15.2 Å². The first kappa shape index (κ1) is 14.7. The Morgan fingerprint density at radius 2 is 1.84 bits per heavy atom. The van der Waals surface area contributed by atoms with Gasteiger partial charge in [-0.1, -0.05) is 12.1 Å². The molecule has 0 fully saturated rings. The lowest BCUT2D eigenvalue weighted by atomic mass is 10.1. The number of hydrogen-bond donors (Lipinski definition) is 2. The van der Waals surface area contributed by atoms with Gasteiger partial charge in [0, 0.05) is 0 Å². The SMILES string of the molecule is CCOC(=O)C(C)NC(=O)c1ccccc1C(=O)O. The molecule has 0 saturated heterocycles. The topological polar surface area (TPSA) is 92.7 Å². The van der Waals surface area contributed by atoms with Gasteiger partial charge in [0.15, 0.2) is 0 Å². The fourth-order valence-corrected chi connectivity index (χ4v) is 1.47. The van der Waals surface area contributed by atoms with Gasteiger partial charge in [0.25, 0.3) is 5.91 Å². The number of ether oxygens (including phenoxy) is 1. The van der Waals surface area contributed by atoms with Crippen LogP contribution in [0, 0.1) is 0 Å². The molecule has 1 rings (SSSR count). The molecule has 19 heavy (non-hydrogen) atoms. The second-order valence-corrected chi connectivity index (χ2v) is 3.80. The van der Waals surface area contributed by atoms with E-state index in [4.69, 9.17) is 9.84 Å². The number of aromatic carboxylic acids is 1. The molecule has 0 aliphatic heterocycles. The van der Waals surface area contributed by atoms with E-state index in [1.54, 1.807) is 13.0 Å². The molecule has 1 aromatic carbocycles. The minimum absolute atomic E-state index is 0.00569. The van der Waals surface area contributed by atoms with E-state index in [-0.39, 0.29) is 17.7 Å². The number of rotatable bonds is 5. The molecule has 0 aromatic heterocycles. The summed E-state index contributed by atoms with van der Waals surface area (Å²) in [5, 5.41) is 11.4. The summed E-state index contributed by atoms with van der Waals surface area (Å²) < 4.78 is 4.75. The van der Waals surface area contributed by atoms with Crippen molar-refractivity contribution in [1.29, 1.82) is 0 Å². The summed E-state index contributed by atoms with van der Waals surface area (Å²) in [6, 6.07) is 4.95. The Balaban J connectivity index is 2.84.